The van der Waals surface area contributed by atoms with Crippen molar-refractivity contribution < 1.29 is 9.18 Å². The molecule has 0 spiro atoms. The van der Waals surface area contributed by atoms with Gasteiger partial charge in [-0.05, 0) is 24.1 Å². The topological polar surface area (TPSA) is 66.9 Å². The van der Waals surface area contributed by atoms with Gasteiger partial charge < -0.3 is 10.6 Å². The molecule has 0 aliphatic heterocycles. The molecule has 0 bridgehead atoms. The van der Waals surface area contributed by atoms with E-state index in [9.17, 15) is 9.18 Å². The van der Waals surface area contributed by atoms with Gasteiger partial charge in [-0.15, -0.1) is 0 Å². The molecule has 1 amide bonds. The third kappa shape index (κ3) is 4.86. The molecule has 3 rings (SSSR count). The lowest BCUT2D eigenvalue weighted by Gasteiger charge is -2.08. The maximum Gasteiger partial charge on any atom is 0.270 e. The average Bonchev–Trinajstić information content (AvgIpc) is 2.68. The number of hydrogen-bond donors (Lipinski definition) is 2. The van der Waals surface area contributed by atoms with E-state index in [0.29, 0.717) is 12.1 Å². The fourth-order valence-corrected chi connectivity index (χ4v) is 2.44. The summed E-state index contributed by atoms with van der Waals surface area (Å²) < 4.78 is 13.6. The molecular formula is C20H19FN4O. The zero-order valence-corrected chi connectivity index (χ0v) is 14.2. The van der Waals surface area contributed by atoms with Crippen LogP contribution in [0, 0.1) is 5.82 Å². The van der Waals surface area contributed by atoms with Crippen LogP contribution < -0.4 is 10.6 Å². The standard InChI is InChI=1S/C20H19FN4O/c21-17-9-5-4-8-16(17)14-24-20-23-13-11-18(25-20)19(26)22-12-10-15-6-2-1-3-7-15/h1-9,11,13H,10,12,14H2,(H,22,26)(H,23,24,25). The molecule has 0 aliphatic carbocycles. The van der Waals surface area contributed by atoms with Gasteiger partial charge in [0.25, 0.3) is 5.91 Å². The molecule has 2 N–H and O–H groups in total. The summed E-state index contributed by atoms with van der Waals surface area (Å²) in [5.74, 6) is -0.281. The third-order valence-corrected chi connectivity index (χ3v) is 3.83. The maximum absolute atomic E-state index is 13.6. The highest BCUT2D eigenvalue weighted by Crippen LogP contribution is 2.09. The first-order valence-electron chi connectivity index (χ1n) is 8.35. The molecule has 3 aromatic rings. The second-order valence-corrected chi connectivity index (χ2v) is 5.70. The fourth-order valence-electron chi connectivity index (χ4n) is 2.44. The summed E-state index contributed by atoms with van der Waals surface area (Å²) in [6, 6.07) is 17.9. The van der Waals surface area contributed by atoms with E-state index in [1.807, 2.05) is 30.3 Å². The van der Waals surface area contributed by atoms with Crippen LogP contribution in [0.15, 0.2) is 66.9 Å². The lowest BCUT2D eigenvalue weighted by Crippen LogP contribution is -2.26. The van der Waals surface area contributed by atoms with Crippen molar-refractivity contribution in [2.75, 3.05) is 11.9 Å². The van der Waals surface area contributed by atoms with Crippen LogP contribution in [0.5, 0.6) is 0 Å². The molecule has 0 fully saturated rings. The van der Waals surface area contributed by atoms with Crippen molar-refractivity contribution in [3.8, 4) is 0 Å². The second-order valence-electron chi connectivity index (χ2n) is 5.70. The molecular weight excluding hydrogens is 331 g/mol. The number of rotatable bonds is 7. The zero-order valence-electron chi connectivity index (χ0n) is 14.2. The van der Waals surface area contributed by atoms with Crippen LogP contribution in [0.1, 0.15) is 21.6 Å². The number of hydrogen-bond acceptors (Lipinski definition) is 4. The van der Waals surface area contributed by atoms with E-state index < -0.39 is 0 Å². The van der Waals surface area contributed by atoms with E-state index >= 15 is 0 Å². The van der Waals surface area contributed by atoms with Gasteiger partial charge in [-0.1, -0.05) is 48.5 Å². The Morgan fingerprint density at radius 1 is 1.00 bits per heavy atom. The Morgan fingerprint density at radius 3 is 2.58 bits per heavy atom. The molecule has 132 valence electrons. The minimum atomic E-state index is -0.296. The van der Waals surface area contributed by atoms with Crippen LogP contribution in [-0.2, 0) is 13.0 Å². The van der Waals surface area contributed by atoms with Crippen LogP contribution in [0.3, 0.4) is 0 Å². The molecule has 0 aliphatic rings. The van der Waals surface area contributed by atoms with Crippen molar-refractivity contribution >= 4 is 11.9 Å². The van der Waals surface area contributed by atoms with Crippen LogP contribution in [0.4, 0.5) is 10.3 Å². The van der Waals surface area contributed by atoms with Gasteiger partial charge in [0.2, 0.25) is 5.95 Å². The van der Waals surface area contributed by atoms with Gasteiger partial charge in [0.1, 0.15) is 11.5 Å². The minimum Gasteiger partial charge on any atom is -0.350 e. The molecule has 5 nitrogen and oxygen atoms in total. The van der Waals surface area contributed by atoms with E-state index in [-0.39, 0.29) is 29.9 Å². The van der Waals surface area contributed by atoms with Gasteiger partial charge in [-0.3, -0.25) is 4.79 Å². The molecule has 0 radical (unpaired) electrons. The first kappa shape index (κ1) is 17.5. The number of anilines is 1. The maximum atomic E-state index is 13.6. The number of carbonyl (C=O) groups excluding carboxylic acids is 1. The van der Waals surface area contributed by atoms with Gasteiger partial charge in [0.15, 0.2) is 0 Å². The lowest BCUT2D eigenvalue weighted by molar-refractivity contribution is 0.0949. The van der Waals surface area contributed by atoms with Crippen LogP contribution in [-0.4, -0.2) is 22.4 Å². The normalized spacial score (nSPS) is 10.3. The first-order valence-corrected chi connectivity index (χ1v) is 8.35. The van der Waals surface area contributed by atoms with Gasteiger partial charge in [0.05, 0.1) is 0 Å². The smallest absolute Gasteiger partial charge is 0.270 e. The largest absolute Gasteiger partial charge is 0.350 e. The van der Waals surface area contributed by atoms with E-state index in [1.165, 1.54) is 12.3 Å². The second kappa shape index (κ2) is 8.71. The van der Waals surface area contributed by atoms with Crippen LogP contribution in [0.25, 0.3) is 0 Å². The molecule has 0 atom stereocenters. The summed E-state index contributed by atoms with van der Waals surface area (Å²) in [7, 11) is 0. The van der Waals surface area contributed by atoms with Crippen molar-refractivity contribution in [1.29, 1.82) is 0 Å². The van der Waals surface area contributed by atoms with E-state index in [1.54, 1.807) is 24.3 Å². The summed E-state index contributed by atoms with van der Waals surface area (Å²) >= 11 is 0. The number of benzene rings is 2. The number of aromatic nitrogens is 2. The molecule has 1 aromatic heterocycles. The van der Waals surface area contributed by atoms with E-state index in [4.69, 9.17) is 0 Å². The highest BCUT2D eigenvalue weighted by Gasteiger charge is 2.09. The molecule has 1 heterocycles. The summed E-state index contributed by atoms with van der Waals surface area (Å²) in [4.78, 5) is 20.5. The minimum absolute atomic E-state index is 0.242. The Kier molecular flexibility index (Phi) is 5.88. The zero-order chi connectivity index (χ0) is 18.2. The lowest BCUT2D eigenvalue weighted by atomic mass is 10.1. The summed E-state index contributed by atoms with van der Waals surface area (Å²) in [6.45, 7) is 0.761. The highest BCUT2D eigenvalue weighted by atomic mass is 19.1. The summed E-state index contributed by atoms with van der Waals surface area (Å²) in [6.07, 6.45) is 2.25. The number of carbonyl (C=O) groups is 1. The Morgan fingerprint density at radius 2 is 1.77 bits per heavy atom. The average molecular weight is 350 g/mol. The quantitative estimate of drug-likeness (QED) is 0.687. The van der Waals surface area contributed by atoms with Gasteiger partial charge in [0, 0.05) is 24.8 Å². The van der Waals surface area contributed by atoms with Crippen molar-refractivity contribution in [3.05, 3.63) is 89.5 Å². The Bertz CT molecular complexity index is 870. The molecule has 0 saturated carbocycles. The highest BCUT2D eigenvalue weighted by molar-refractivity contribution is 5.92. The molecule has 2 aromatic carbocycles. The SMILES string of the molecule is O=C(NCCc1ccccc1)c1ccnc(NCc2ccccc2F)n1. The summed E-state index contributed by atoms with van der Waals surface area (Å²) in [5.41, 5.74) is 1.93. The molecule has 26 heavy (non-hydrogen) atoms. The Balaban J connectivity index is 1.54. The van der Waals surface area contributed by atoms with Crippen LogP contribution in [0.2, 0.25) is 0 Å². The predicted molar refractivity (Wildman–Crippen MR) is 98.2 cm³/mol. The van der Waals surface area contributed by atoms with E-state index in [2.05, 4.69) is 20.6 Å². The van der Waals surface area contributed by atoms with Crippen molar-refractivity contribution in [3.63, 3.8) is 0 Å². The molecule has 0 saturated heterocycles. The van der Waals surface area contributed by atoms with Crippen molar-refractivity contribution in [2.45, 2.75) is 13.0 Å². The first-order chi connectivity index (χ1) is 12.7. The van der Waals surface area contributed by atoms with Crippen molar-refractivity contribution in [2.24, 2.45) is 0 Å². The van der Waals surface area contributed by atoms with Gasteiger partial charge in [-0.25, -0.2) is 14.4 Å². The van der Waals surface area contributed by atoms with E-state index in [0.717, 1.165) is 12.0 Å². The van der Waals surface area contributed by atoms with Crippen molar-refractivity contribution in [1.82, 2.24) is 15.3 Å². The van der Waals surface area contributed by atoms with Gasteiger partial charge >= 0.3 is 0 Å². The third-order valence-electron chi connectivity index (χ3n) is 3.83. The Labute approximate surface area is 151 Å². The van der Waals surface area contributed by atoms with Crippen LogP contribution >= 0.6 is 0 Å². The predicted octanol–water partition coefficient (Wildman–Crippen LogP) is 3.20. The summed E-state index contributed by atoms with van der Waals surface area (Å²) in [5, 5.41) is 5.78. The number of halogens is 1. The molecule has 0 unspecified atom stereocenters. The Hall–Kier alpha value is -3.28. The monoisotopic (exact) mass is 350 g/mol. The fraction of sp³-hybridized carbons (Fsp3) is 0.150. The molecule has 6 heteroatoms. The number of nitrogens with one attached hydrogen (secondary N) is 2. The number of amides is 1. The number of nitrogens with zero attached hydrogens (tertiary/aromatic N) is 2. The van der Waals surface area contributed by atoms with Gasteiger partial charge in [-0.2, -0.15) is 0 Å².